The molecule has 0 aliphatic carbocycles. The number of aryl methyl sites for hydroxylation is 1. The lowest BCUT2D eigenvalue weighted by atomic mass is 10.00. The summed E-state index contributed by atoms with van der Waals surface area (Å²) in [6.45, 7) is 4.63. The van der Waals surface area contributed by atoms with Crippen LogP contribution in [0.5, 0.6) is 11.5 Å². The minimum Gasteiger partial charge on any atom is -0.507 e. The number of hydrogen-bond acceptors (Lipinski definition) is 3. The molecule has 0 bridgehead atoms. The molecule has 0 atom stereocenters. The minimum absolute atomic E-state index is 0.0122. The Kier molecular flexibility index (Phi) is 5.97. The fourth-order valence-electron chi connectivity index (χ4n) is 3.10. The molecule has 0 unspecified atom stereocenters. The van der Waals surface area contributed by atoms with Gasteiger partial charge in [0.25, 0.3) is 5.91 Å². The molecule has 3 aromatic rings. The third kappa shape index (κ3) is 4.40. The summed E-state index contributed by atoms with van der Waals surface area (Å²) < 4.78 is 5.74. The number of amides is 1. The SMILES string of the molecule is CCCCCOc1cccc(NC(=O)c2cc3ccccc3c(C)c2O)c1. The van der Waals surface area contributed by atoms with Crippen molar-refractivity contribution in [3.63, 3.8) is 0 Å². The number of fused-ring (bicyclic) bond motifs is 1. The first kappa shape index (κ1) is 18.8. The van der Waals surface area contributed by atoms with Crippen LogP contribution in [0.1, 0.15) is 42.1 Å². The summed E-state index contributed by atoms with van der Waals surface area (Å²) in [4.78, 5) is 12.7. The van der Waals surface area contributed by atoms with Crippen molar-refractivity contribution in [2.45, 2.75) is 33.1 Å². The van der Waals surface area contributed by atoms with Crippen molar-refractivity contribution in [2.75, 3.05) is 11.9 Å². The number of ether oxygens (including phenoxy) is 1. The zero-order chi connectivity index (χ0) is 19.2. The number of phenols is 1. The van der Waals surface area contributed by atoms with Crippen LogP contribution in [0.4, 0.5) is 5.69 Å². The summed E-state index contributed by atoms with van der Waals surface area (Å²) in [5.74, 6) is 0.394. The van der Waals surface area contributed by atoms with E-state index in [0.29, 0.717) is 17.9 Å². The second-order valence-corrected chi connectivity index (χ2v) is 6.66. The van der Waals surface area contributed by atoms with Crippen LogP contribution >= 0.6 is 0 Å². The van der Waals surface area contributed by atoms with E-state index in [0.717, 1.165) is 35.8 Å². The Balaban J connectivity index is 1.78. The van der Waals surface area contributed by atoms with Crippen molar-refractivity contribution in [2.24, 2.45) is 0 Å². The highest BCUT2D eigenvalue weighted by atomic mass is 16.5. The lowest BCUT2D eigenvalue weighted by Crippen LogP contribution is -2.12. The van der Waals surface area contributed by atoms with Gasteiger partial charge in [-0.25, -0.2) is 0 Å². The molecule has 1 amide bonds. The number of nitrogens with one attached hydrogen (secondary N) is 1. The molecular formula is C23H25NO3. The highest BCUT2D eigenvalue weighted by molar-refractivity contribution is 6.09. The third-order valence-corrected chi connectivity index (χ3v) is 4.63. The second-order valence-electron chi connectivity index (χ2n) is 6.66. The van der Waals surface area contributed by atoms with Crippen molar-refractivity contribution >= 4 is 22.4 Å². The fourth-order valence-corrected chi connectivity index (χ4v) is 3.10. The van der Waals surface area contributed by atoms with E-state index in [9.17, 15) is 9.90 Å². The molecule has 4 heteroatoms. The van der Waals surface area contributed by atoms with Crippen LogP contribution in [-0.4, -0.2) is 17.6 Å². The van der Waals surface area contributed by atoms with E-state index in [1.54, 1.807) is 12.1 Å². The lowest BCUT2D eigenvalue weighted by molar-refractivity contribution is 0.102. The Hall–Kier alpha value is -3.01. The molecule has 0 aromatic heterocycles. The molecule has 0 saturated heterocycles. The predicted molar refractivity (Wildman–Crippen MR) is 110 cm³/mol. The van der Waals surface area contributed by atoms with Gasteiger partial charge in [-0.3, -0.25) is 4.79 Å². The Morgan fingerprint density at radius 3 is 2.70 bits per heavy atom. The molecule has 0 radical (unpaired) electrons. The van der Waals surface area contributed by atoms with E-state index < -0.39 is 0 Å². The second kappa shape index (κ2) is 8.58. The van der Waals surface area contributed by atoms with Crippen molar-refractivity contribution in [3.8, 4) is 11.5 Å². The molecular weight excluding hydrogens is 338 g/mol. The van der Waals surface area contributed by atoms with Gasteiger partial charge in [-0.15, -0.1) is 0 Å². The number of phenolic OH excluding ortho intramolecular Hbond substituents is 1. The maximum absolute atomic E-state index is 12.7. The Labute approximate surface area is 159 Å². The van der Waals surface area contributed by atoms with Crippen LogP contribution in [-0.2, 0) is 0 Å². The zero-order valence-corrected chi connectivity index (χ0v) is 15.8. The standard InChI is InChI=1S/C23H25NO3/c1-3-4-7-13-27-19-11-8-10-18(15-19)24-23(26)21-14-17-9-5-6-12-20(17)16(2)22(21)25/h5-6,8-12,14-15,25H,3-4,7,13H2,1-2H3,(H,24,26). The Bertz CT molecular complexity index is 950. The molecule has 3 rings (SSSR count). The molecule has 2 N–H and O–H groups in total. The van der Waals surface area contributed by atoms with Gasteiger partial charge in [0.15, 0.2) is 0 Å². The molecule has 0 spiro atoms. The van der Waals surface area contributed by atoms with Crippen LogP contribution in [0.2, 0.25) is 0 Å². The Morgan fingerprint density at radius 1 is 1.07 bits per heavy atom. The van der Waals surface area contributed by atoms with E-state index in [4.69, 9.17) is 4.74 Å². The van der Waals surface area contributed by atoms with Crippen molar-refractivity contribution < 1.29 is 14.6 Å². The van der Waals surface area contributed by atoms with Crippen LogP contribution < -0.4 is 10.1 Å². The maximum Gasteiger partial charge on any atom is 0.259 e. The van der Waals surface area contributed by atoms with E-state index >= 15 is 0 Å². The summed E-state index contributed by atoms with van der Waals surface area (Å²) in [5, 5.41) is 15.2. The molecule has 0 aliphatic heterocycles. The summed E-state index contributed by atoms with van der Waals surface area (Å²) in [7, 11) is 0. The molecule has 3 aromatic carbocycles. The predicted octanol–water partition coefficient (Wildman–Crippen LogP) is 5.68. The zero-order valence-electron chi connectivity index (χ0n) is 15.8. The molecule has 140 valence electrons. The molecule has 0 fully saturated rings. The number of unbranched alkanes of at least 4 members (excludes halogenated alkanes) is 2. The van der Waals surface area contributed by atoms with Crippen molar-refractivity contribution in [1.82, 2.24) is 0 Å². The van der Waals surface area contributed by atoms with Crippen LogP contribution in [0.15, 0.2) is 54.6 Å². The summed E-state index contributed by atoms with van der Waals surface area (Å²) in [6.07, 6.45) is 3.29. The molecule has 27 heavy (non-hydrogen) atoms. The number of benzene rings is 3. The average Bonchev–Trinajstić information content (AvgIpc) is 2.68. The molecule has 0 heterocycles. The smallest absolute Gasteiger partial charge is 0.259 e. The van der Waals surface area contributed by atoms with Gasteiger partial charge in [0.2, 0.25) is 0 Å². The quantitative estimate of drug-likeness (QED) is 0.531. The minimum atomic E-state index is -0.343. The highest BCUT2D eigenvalue weighted by Gasteiger charge is 2.16. The van der Waals surface area contributed by atoms with Gasteiger partial charge in [0.05, 0.1) is 12.2 Å². The Morgan fingerprint density at radius 2 is 1.89 bits per heavy atom. The van der Waals surface area contributed by atoms with Gasteiger partial charge in [0, 0.05) is 11.8 Å². The fraction of sp³-hybridized carbons (Fsp3) is 0.261. The maximum atomic E-state index is 12.7. The monoisotopic (exact) mass is 363 g/mol. The number of anilines is 1. The topological polar surface area (TPSA) is 58.6 Å². The first-order valence-corrected chi connectivity index (χ1v) is 9.35. The number of hydrogen-bond donors (Lipinski definition) is 2. The molecule has 0 saturated carbocycles. The number of carbonyl (C=O) groups is 1. The third-order valence-electron chi connectivity index (χ3n) is 4.63. The normalized spacial score (nSPS) is 10.7. The van der Waals surface area contributed by atoms with Gasteiger partial charge >= 0.3 is 0 Å². The first-order chi connectivity index (χ1) is 13.1. The average molecular weight is 363 g/mol. The van der Waals surface area contributed by atoms with E-state index in [1.807, 2.05) is 49.4 Å². The van der Waals surface area contributed by atoms with Gasteiger partial charge in [-0.2, -0.15) is 0 Å². The van der Waals surface area contributed by atoms with Gasteiger partial charge in [0.1, 0.15) is 11.5 Å². The van der Waals surface area contributed by atoms with E-state index in [1.165, 1.54) is 0 Å². The van der Waals surface area contributed by atoms with Crippen molar-refractivity contribution in [1.29, 1.82) is 0 Å². The summed E-state index contributed by atoms with van der Waals surface area (Å²) >= 11 is 0. The van der Waals surface area contributed by atoms with E-state index in [-0.39, 0.29) is 17.2 Å². The summed E-state index contributed by atoms with van der Waals surface area (Å²) in [5.41, 5.74) is 1.60. The lowest BCUT2D eigenvalue weighted by Gasteiger charge is -2.12. The molecule has 0 aliphatic rings. The largest absolute Gasteiger partial charge is 0.507 e. The van der Waals surface area contributed by atoms with Crippen LogP contribution in [0.25, 0.3) is 10.8 Å². The van der Waals surface area contributed by atoms with Gasteiger partial charge < -0.3 is 15.2 Å². The van der Waals surface area contributed by atoms with E-state index in [2.05, 4.69) is 12.2 Å². The molecule has 4 nitrogen and oxygen atoms in total. The van der Waals surface area contributed by atoms with Crippen LogP contribution in [0, 0.1) is 6.92 Å². The van der Waals surface area contributed by atoms with Crippen molar-refractivity contribution in [3.05, 3.63) is 65.7 Å². The number of aromatic hydroxyl groups is 1. The highest BCUT2D eigenvalue weighted by Crippen LogP contribution is 2.31. The van der Waals surface area contributed by atoms with Crippen LogP contribution in [0.3, 0.4) is 0 Å². The van der Waals surface area contributed by atoms with Gasteiger partial charge in [-0.1, -0.05) is 50.1 Å². The summed E-state index contributed by atoms with van der Waals surface area (Å²) in [6, 6.07) is 16.7. The number of carbonyl (C=O) groups excluding carboxylic acids is 1. The van der Waals surface area contributed by atoms with Gasteiger partial charge in [-0.05, 0) is 47.9 Å². The number of rotatable bonds is 7. The first-order valence-electron chi connectivity index (χ1n) is 9.35.